The van der Waals surface area contributed by atoms with Gasteiger partial charge < -0.3 is 4.90 Å². The van der Waals surface area contributed by atoms with E-state index in [0.717, 1.165) is 0 Å². The zero-order valence-electron chi connectivity index (χ0n) is 11.1. The van der Waals surface area contributed by atoms with Crippen molar-refractivity contribution in [3.63, 3.8) is 0 Å². The lowest BCUT2D eigenvalue weighted by Crippen LogP contribution is -2.22. The average molecular weight is 233 g/mol. The Balaban J connectivity index is 2.49. The summed E-state index contributed by atoms with van der Waals surface area (Å²) >= 11 is 0. The molecule has 2 atom stereocenters. The summed E-state index contributed by atoms with van der Waals surface area (Å²) in [4.78, 5) is 12.8. The summed E-state index contributed by atoms with van der Waals surface area (Å²) < 4.78 is 0. The topological polar surface area (TPSA) is 20.3 Å². The van der Waals surface area contributed by atoms with E-state index in [1.165, 1.54) is 18.4 Å². The number of carbonyl (C=O) groups is 1. The third-order valence-corrected chi connectivity index (χ3v) is 3.41. The Morgan fingerprint density at radius 1 is 1.65 bits per heavy atom. The summed E-state index contributed by atoms with van der Waals surface area (Å²) in [5, 5.41) is 0. The molecule has 0 bridgehead atoms. The van der Waals surface area contributed by atoms with Crippen LogP contribution >= 0.6 is 0 Å². The van der Waals surface area contributed by atoms with E-state index >= 15 is 0 Å². The fourth-order valence-corrected chi connectivity index (χ4v) is 2.27. The Hall–Kier alpha value is -1.31. The lowest BCUT2D eigenvalue weighted by molar-refractivity contribution is -0.125. The number of rotatable bonds is 4. The van der Waals surface area contributed by atoms with E-state index in [1.54, 1.807) is 18.0 Å². The molecule has 0 fully saturated rings. The van der Waals surface area contributed by atoms with Crippen molar-refractivity contribution in [1.82, 2.24) is 4.90 Å². The fourth-order valence-electron chi connectivity index (χ4n) is 2.27. The van der Waals surface area contributed by atoms with Gasteiger partial charge in [-0.15, -0.1) is 0 Å². The van der Waals surface area contributed by atoms with Crippen LogP contribution < -0.4 is 0 Å². The predicted octanol–water partition coefficient (Wildman–Crippen LogP) is 3.53. The molecule has 1 aliphatic rings. The second kappa shape index (κ2) is 6.43. The number of hydrogen-bond donors (Lipinski definition) is 0. The molecule has 0 saturated heterocycles. The van der Waals surface area contributed by atoms with Crippen molar-refractivity contribution in [2.24, 2.45) is 11.8 Å². The quantitative estimate of drug-likeness (QED) is 0.680. The minimum atomic E-state index is 0.0390. The molecule has 1 amide bonds. The zero-order chi connectivity index (χ0) is 12.8. The van der Waals surface area contributed by atoms with E-state index in [-0.39, 0.29) is 5.91 Å². The predicted molar refractivity (Wildman–Crippen MR) is 72.4 cm³/mol. The van der Waals surface area contributed by atoms with Crippen LogP contribution in [-0.4, -0.2) is 17.4 Å². The van der Waals surface area contributed by atoms with Crippen LogP contribution in [-0.2, 0) is 4.79 Å². The first-order chi connectivity index (χ1) is 8.04. The lowest BCUT2D eigenvalue weighted by Gasteiger charge is -2.24. The zero-order valence-corrected chi connectivity index (χ0v) is 11.1. The molecule has 94 valence electrons. The monoisotopic (exact) mass is 233 g/mol. The van der Waals surface area contributed by atoms with Crippen molar-refractivity contribution in [2.75, 3.05) is 6.54 Å². The molecule has 1 rings (SSSR count). The molecule has 17 heavy (non-hydrogen) atoms. The van der Waals surface area contributed by atoms with Crippen molar-refractivity contribution in [3.8, 4) is 0 Å². The normalized spacial score (nSPS) is 24.5. The first kappa shape index (κ1) is 13.8. The Bertz CT molecular complexity index is 341. The van der Waals surface area contributed by atoms with Crippen LogP contribution in [0.5, 0.6) is 0 Å². The minimum absolute atomic E-state index is 0.0390. The van der Waals surface area contributed by atoms with Crippen LogP contribution in [0.25, 0.3) is 0 Å². The SMILES string of the molecule is C=CN(CC=CC1CCC(C)=CC1C)C(C)=O. The van der Waals surface area contributed by atoms with Crippen LogP contribution in [0.15, 0.2) is 36.6 Å². The first-order valence-electron chi connectivity index (χ1n) is 6.28. The van der Waals surface area contributed by atoms with Gasteiger partial charge >= 0.3 is 0 Å². The molecule has 0 N–H and O–H groups in total. The van der Waals surface area contributed by atoms with Crippen LogP contribution in [0.3, 0.4) is 0 Å². The molecule has 0 saturated carbocycles. The third-order valence-electron chi connectivity index (χ3n) is 3.41. The van der Waals surface area contributed by atoms with Gasteiger partial charge in [0.15, 0.2) is 0 Å². The Labute approximate surface area is 105 Å². The van der Waals surface area contributed by atoms with Crippen molar-refractivity contribution in [2.45, 2.75) is 33.6 Å². The number of hydrogen-bond acceptors (Lipinski definition) is 1. The molecule has 2 heteroatoms. The highest BCUT2D eigenvalue weighted by Crippen LogP contribution is 2.29. The van der Waals surface area contributed by atoms with E-state index in [9.17, 15) is 4.79 Å². The van der Waals surface area contributed by atoms with Gasteiger partial charge in [0.1, 0.15) is 0 Å². The molecule has 2 nitrogen and oxygen atoms in total. The van der Waals surface area contributed by atoms with Gasteiger partial charge in [0, 0.05) is 13.5 Å². The molecule has 0 radical (unpaired) electrons. The Morgan fingerprint density at radius 3 is 2.88 bits per heavy atom. The van der Waals surface area contributed by atoms with Gasteiger partial charge in [0.05, 0.1) is 0 Å². The van der Waals surface area contributed by atoms with Crippen molar-refractivity contribution >= 4 is 5.91 Å². The van der Waals surface area contributed by atoms with Gasteiger partial charge in [-0.05, 0) is 37.8 Å². The molecule has 1 aliphatic carbocycles. The van der Waals surface area contributed by atoms with Gasteiger partial charge in [-0.3, -0.25) is 4.79 Å². The summed E-state index contributed by atoms with van der Waals surface area (Å²) in [6.45, 7) is 10.3. The van der Waals surface area contributed by atoms with Crippen LogP contribution in [0, 0.1) is 11.8 Å². The number of allylic oxidation sites excluding steroid dienone is 3. The third kappa shape index (κ3) is 4.22. The molecule has 0 aromatic carbocycles. The average Bonchev–Trinajstić information content (AvgIpc) is 2.26. The van der Waals surface area contributed by atoms with Crippen molar-refractivity contribution in [1.29, 1.82) is 0 Å². The summed E-state index contributed by atoms with van der Waals surface area (Å²) in [6.07, 6.45) is 10.7. The van der Waals surface area contributed by atoms with Gasteiger partial charge in [-0.25, -0.2) is 0 Å². The highest BCUT2D eigenvalue weighted by molar-refractivity contribution is 5.74. The number of amides is 1. The summed E-state index contributed by atoms with van der Waals surface area (Å²) in [5.41, 5.74) is 1.50. The second-order valence-corrected chi connectivity index (χ2v) is 4.86. The molecular formula is C15H23NO. The van der Waals surface area contributed by atoms with E-state index in [1.807, 2.05) is 0 Å². The maximum absolute atomic E-state index is 11.2. The molecule has 0 spiro atoms. The van der Waals surface area contributed by atoms with Gasteiger partial charge in [0.25, 0.3) is 0 Å². The summed E-state index contributed by atoms with van der Waals surface area (Å²) in [5.74, 6) is 1.25. The van der Waals surface area contributed by atoms with E-state index < -0.39 is 0 Å². The van der Waals surface area contributed by atoms with E-state index in [0.29, 0.717) is 18.4 Å². The standard InChI is InChI=1S/C15H23NO/c1-5-16(14(4)17)10-6-7-15-9-8-12(2)11-13(15)3/h5-7,11,13,15H,1,8-10H2,2-4H3. The summed E-state index contributed by atoms with van der Waals surface area (Å²) in [6, 6.07) is 0. The lowest BCUT2D eigenvalue weighted by atomic mass is 9.82. The molecule has 0 aromatic rings. The highest BCUT2D eigenvalue weighted by atomic mass is 16.2. The molecule has 0 heterocycles. The maximum atomic E-state index is 11.2. The largest absolute Gasteiger partial charge is 0.316 e. The molecular weight excluding hydrogens is 210 g/mol. The van der Waals surface area contributed by atoms with E-state index in [4.69, 9.17) is 0 Å². The van der Waals surface area contributed by atoms with Crippen LogP contribution in [0.1, 0.15) is 33.6 Å². The Morgan fingerprint density at radius 2 is 2.35 bits per heavy atom. The van der Waals surface area contributed by atoms with E-state index in [2.05, 4.69) is 38.7 Å². The van der Waals surface area contributed by atoms with Crippen LogP contribution in [0.4, 0.5) is 0 Å². The summed E-state index contributed by atoms with van der Waals surface area (Å²) in [7, 11) is 0. The molecule has 0 aliphatic heterocycles. The molecule has 0 aromatic heterocycles. The molecule has 2 unspecified atom stereocenters. The Kier molecular flexibility index (Phi) is 5.20. The maximum Gasteiger partial charge on any atom is 0.223 e. The first-order valence-corrected chi connectivity index (χ1v) is 6.28. The van der Waals surface area contributed by atoms with Crippen LogP contribution in [0.2, 0.25) is 0 Å². The van der Waals surface area contributed by atoms with Crippen molar-refractivity contribution < 1.29 is 4.79 Å². The van der Waals surface area contributed by atoms with Crippen molar-refractivity contribution in [3.05, 3.63) is 36.6 Å². The number of carbonyl (C=O) groups excluding carboxylic acids is 1. The minimum Gasteiger partial charge on any atom is -0.316 e. The van der Waals surface area contributed by atoms with Gasteiger partial charge in [0.2, 0.25) is 5.91 Å². The smallest absolute Gasteiger partial charge is 0.223 e. The van der Waals surface area contributed by atoms with Gasteiger partial charge in [-0.1, -0.05) is 37.3 Å². The second-order valence-electron chi connectivity index (χ2n) is 4.86. The van der Waals surface area contributed by atoms with Gasteiger partial charge in [-0.2, -0.15) is 0 Å². The number of nitrogens with zero attached hydrogens (tertiary/aromatic N) is 1. The fraction of sp³-hybridized carbons (Fsp3) is 0.533. The highest BCUT2D eigenvalue weighted by Gasteiger charge is 2.16.